The van der Waals surface area contributed by atoms with Gasteiger partial charge >= 0.3 is 175 Å². The topological polar surface area (TPSA) is 58.2 Å². The van der Waals surface area contributed by atoms with Gasteiger partial charge in [-0.1, -0.05) is 0 Å². The molecule has 0 aromatic heterocycles. The van der Waals surface area contributed by atoms with Crippen molar-refractivity contribution < 1.29 is 9.59 Å². The molecule has 2 amide bonds. The van der Waals surface area contributed by atoms with E-state index in [0.29, 0.717) is 24.2 Å². The van der Waals surface area contributed by atoms with Crippen molar-refractivity contribution >= 4 is 71.8 Å². The van der Waals surface area contributed by atoms with Crippen LogP contribution in [-0.2, 0) is 0 Å². The minimum atomic E-state index is -0.910. The van der Waals surface area contributed by atoms with Crippen molar-refractivity contribution in [1.29, 1.82) is 0 Å². The van der Waals surface area contributed by atoms with Gasteiger partial charge < -0.3 is 0 Å². The van der Waals surface area contributed by atoms with Crippen molar-refractivity contribution in [2.24, 2.45) is 0 Å². The molecule has 2 aromatic rings. The Balaban J connectivity index is 2.43. The number of amides is 2. The zero-order valence-electron chi connectivity index (χ0n) is 13.9. The minimum absolute atomic E-state index is 0.0828. The summed E-state index contributed by atoms with van der Waals surface area (Å²) in [5.41, 5.74) is 1.34. The fourth-order valence-corrected chi connectivity index (χ4v) is 5.84. The van der Waals surface area contributed by atoms with Gasteiger partial charge in [-0.25, -0.2) is 0 Å². The van der Waals surface area contributed by atoms with Crippen molar-refractivity contribution in [2.45, 2.75) is 13.8 Å². The van der Waals surface area contributed by atoms with Gasteiger partial charge in [-0.2, -0.15) is 0 Å². The number of benzene rings is 2. The summed E-state index contributed by atoms with van der Waals surface area (Å²) in [6, 6.07) is 11.5. The molecule has 132 valence electrons. The first-order chi connectivity index (χ1) is 12.0. The first-order valence-electron chi connectivity index (χ1n) is 7.79. The van der Waals surface area contributed by atoms with E-state index in [0.717, 1.165) is 16.2 Å². The van der Waals surface area contributed by atoms with Gasteiger partial charge in [-0.3, -0.25) is 0 Å². The van der Waals surface area contributed by atoms with Gasteiger partial charge in [0.2, 0.25) is 0 Å². The average Bonchev–Trinajstić information content (AvgIpc) is 2.58. The molecular formula is C18H18Br2N2O2Te. The van der Waals surface area contributed by atoms with Crippen LogP contribution in [0.15, 0.2) is 45.3 Å². The average molecular weight is 582 g/mol. The van der Waals surface area contributed by atoms with E-state index in [2.05, 4.69) is 42.5 Å². The van der Waals surface area contributed by atoms with Crippen molar-refractivity contribution in [1.82, 2.24) is 10.6 Å². The third-order valence-electron chi connectivity index (χ3n) is 3.27. The van der Waals surface area contributed by atoms with Crippen molar-refractivity contribution in [3.8, 4) is 0 Å². The molecule has 2 aromatic carbocycles. The molecule has 2 rings (SSSR count). The van der Waals surface area contributed by atoms with E-state index >= 15 is 0 Å². The van der Waals surface area contributed by atoms with Crippen LogP contribution in [0.4, 0.5) is 0 Å². The maximum absolute atomic E-state index is 12.4. The second kappa shape index (κ2) is 9.72. The van der Waals surface area contributed by atoms with Crippen LogP contribution in [0.3, 0.4) is 0 Å². The molecule has 0 saturated carbocycles. The van der Waals surface area contributed by atoms with Crippen LogP contribution >= 0.6 is 31.9 Å². The molecule has 25 heavy (non-hydrogen) atoms. The van der Waals surface area contributed by atoms with Gasteiger partial charge in [0.25, 0.3) is 0 Å². The molecule has 4 nitrogen and oxygen atoms in total. The molecule has 0 aliphatic carbocycles. The zero-order valence-corrected chi connectivity index (χ0v) is 19.4. The van der Waals surface area contributed by atoms with Crippen LogP contribution in [0, 0.1) is 0 Å². The number of hydrogen-bond donors (Lipinski definition) is 2. The summed E-state index contributed by atoms with van der Waals surface area (Å²) in [6.45, 7) is 4.95. The Hall–Kier alpha value is -0.870. The molecule has 7 heteroatoms. The predicted molar refractivity (Wildman–Crippen MR) is 109 cm³/mol. The van der Waals surface area contributed by atoms with E-state index in [9.17, 15) is 9.59 Å². The van der Waals surface area contributed by atoms with E-state index < -0.39 is 20.9 Å². The van der Waals surface area contributed by atoms with Gasteiger partial charge in [0, 0.05) is 0 Å². The third kappa shape index (κ3) is 5.55. The molecule has 0 radical (unpaired) electrons. The van der Waals surface area contributed by atoms with Crippen molar-refractivity contribution in [3.05, 3.63) is 56.5 Å². The number of nitrogens with one attached hydrogen (secondary N) is 2. The summed E-state index contributed by atoms with van der Waals surface area (Å²) in [4.78, 5) is 24.8. The van der Waals surface area contributed by atoms with E-state index in [1.54, 1.807) is 0 Å². The molecule has 0 fully saturated rings. The summed E-state index contributed by atoms with van der Waals surface area (Å²) in [5, 5.41) is 5.71. The number of halogens is 2. The molecule has 0 aliphatic heterocycles. The van der Waals surface area contributed by atoms with E-state index in [4.69, 9.17) is 0 Å². The van der Waals surface area contributed by atoms with Gasteiger partial charge in [0.15, 0.2) is 0 Å². The number of rotatable bonds is 6. The summed E-state index contributed by atoms with van der Waals surface area (Å²) in [5.74, 6) is -0.166. The Morgan fingerprint density at radius 3 is 1.60 bits per heavy atom. The van der Waals surface area contributed by atoms with Gasteiger partial charge in [0.1, 0.15) is 0 Å². The van der Waals surface area contributed by atoms with Crippen LogP contribution in [0.2, 0.25) is 0 Å². The van der Waals surface area contributed by atoms with Crippen LogP contribution in [0.25, 0.3) is 0 Å². The normalized spacial score (nSPS) is 10.4. The second-order valence-electron chi connectivity index (χ2n) is 5.10. The first kappa shape index (κ1) is 20.4. The Morgan fingerprint density at radius 2 is 1.24 bits per heavy atom. The molecule has 0 unspecified atom stereocenters. The summed E-state index contributed by atoms with van der Waals surface area (Å²) in [7, 11) is 0. The summed E-state index contributed by atoms with van der Waals surface area (Å²) in [6.07, 6.45) is 0. The molecule has 2 N–H and O–H groups in total. The molecule has 0 aliphatic rings. The molecule has 0 atom stereocenters. The Bertz CT molecular complexity index is 731. The van der Waals surface area contributed by atoms with Gasteiger partial charge in [-0.15, -0.1) is 0 Å². The molecule has 0 bridgehead atoms. The van der Waals surface area contributed by atoms with E-state index in [1.807, 2.05) is 50.2 Å². The van der Waals surface area contributed by atoms with Crippen LogP contribution < -0.4 is 17.9 Å². The van der Waals surface area contributed by atoms with Crippen LogP contribution in [0.5, 0.6) is 0 Å². The third-order valence-corrected chi connectivity index (χ3v) is 7.54. The molecule has 0 spiro atoms. The van der Waals surface area contributed by atoms with Crippen LogP contribution in [-0.4, -0.2) is 45.8 Å². The van der Waals surface area contributed by atoms with Crippen LogP contribution in [0.1, 0.15) is 34.6 Å². The van der Waals surface area contributed by atoms with E-state index in [-0.39, 0.29) is 11.8 Å². The monoisotopic (exact) mass is 582 g/mol. The van der Waals surface area contributed by atoms with Crippen molar-refractivity contribution in [2.75, 3.05) is 13.1 Å². The van der Waals surface area contributed by atoms with E-state index in [1.165, 1.54) is 0 Å². The summed E-state index contributed by atoms with van der Waals surface area (Å²) < 4.78 is 3.74. The predicted octanol–water partition coefficient (Wildman–Crippen LogP) is 2.37. The fraction of sp³-hybridized carbons (Fsp3) is 0.222. The SMILES string of the molecule is CCNC(=O)c1cc(Br)ccc1[Te]c1ccc(Br)cc1C(=O)NCC. The fourth-order valence-electron chi connectivity index (χ4n) is 2.17. The Morgan fingerprint density at radius 1 is 0.840 bits per heavy atom. The Kier molecular flexibility index (Phi) is 7.95. The number of hydrogen-bond acceptors (Lipinski definition) is 2. The zero-order chi connectivity index (χ0) is 18.4. The maximum atomic E-state index is 12.4. The molecule has 0 heterocycles. The van der Waals surface area contributed by atoms with Gasteiger partial charge in [0.05, 0.1) is 0 Å². The first-order valence-corrected chi connectivity index (χ1v) is 11.7. The standard InChI is InChI=1S/C18H18Br2N2O2Te/c1-3-21-17(23)13-9-11(19)5-7-15(13)25-16-8-6-12(20)10-14(16)18(24)22-4-2/h5-10H,3-4H2,1-2H3,(H,21,23)(H,22,24). The van der Waals surface area contributed by atoms with Gasteiger partial charge in [-0.05, 0) is 0 Å². The molecule has 0 saturated heterocycles. The Labute approximate surface area is 174 Å². The molecular weight excluding hydrogens is 564 g/mol. The number of carbonyl (C=O) groups excluding carboxylic acids is 2. The summed E-state index contributed by atoms with van der Waals surface area (Å²) >= 11 is 5.96. The second-order valence-corrected chi connectivity index (χ2v) is 10.0. The quantitative estimate of drug-likeness (QED) is 0.515. The number of carbonyl (C=O) groups is 2. The van der Waals surface area contributed by atoms with Crippen molar-refractivity contribution in [3.63, 3.8) is 0 Å².